The van der Waals surface area contributed by atoms with Crippen molar-refractivity contribution >= 4 is 29.4 Å². The lowest BCUT2D eigenvalue weighted by molar-refractivity contribution is -0.120. The number of thioether (sulfide) groups is 1. The number of nitrogens with zero attached hydrogens (tertiary/aromatic N) is 1. The number of aromatic nitrogens is 2. The normalized spacial score (nSPS) is 15.4. The summed E-state index contributed by atoms with van der Waals surface area (Å²) in [5, 5.41) is 3.00. The molecule has 8 nitrogen and oxygen atoms in total. The molecule has 3 rings (SSSR count). The molecule has 2 aromatic rings. The van der Waals surface area contributed by atoms with Gasteiger partial charge < -0.3 is 20.8 Å². The average Bonchev–Trinajstić information content (AvgIpc) is 2.64. The van der Waals surface area contributed by atoms with Crippen LogP contribution in [-0.4, -0.2) is 34.1 Å². The number of amides is 2. The quantitative estimate of drug-likeness (QED) is 0.385. The fourth-order valence-corrected chi connectivity index (χ4v) is 3.31. The number of hydrogen-bond donors (Lipinski definition) is 3. The minimum absolute atomic E-state index is 0.121. The second kappa shape index (κ2) is 7.97. The van der Waals surface area contributed by atoms with Crippen LogP contribution in [-0.2, 0) is 9.59 Å². The van der Waals surface area contributed by atoms with E-state index in [1.165, 1.54) is 11.8 Å². The van der Waals surface area contributed by atoms with Crippen LogP contribution in [0.4, 0.5) is 5.82 Å². The Balaban J connectivity index is 1.92. The van der Waals surface area contributed by atoms with E-state index in [2.05, 4.69) is 21.2 Å². The average molecular weight is 384 g/mol. The van der Waals surface area contributed by atoms with Gasteiger partial charge in [0.2, 0.25) is 5.91 Å². The highest BCUT2D eigenvalue weighted by Crippen LogP contribution is 2.35. The molecule has 0 fully saturated rings. The number of benzene rings is 1. The van der Waals surface area contributed by atoms with E-state index in [4.69, 9.17) is 16.9 Å². The smallest absolute Gasteiger partial charge is 0.257 e. The fraction of sp³-hybridized carbons (Fsp3) is 0.222. The summed E-state index contributed by atoms with van der Waals surface area (Å²) in [6, 6.07) is 6.79. The highest BCUT2D eigenvalue weighted by atomic mass is 32.2. The van der Waals surface area contributed by atoms with E-state index in [9.17, 15) is 14.4 Å². The number of aromatic amines is 1. The van der Waals surface area contributed by atoms with Gasteiger partial charge in [-0.05, 0) is 17.7 Å². The van der Waals surface area contributed by atoms with Crippen molar-refractivity contribution in [2.24, 2.45) is 5.73 Å². The van der Waals surface area contributed by atoms with Crippen LogP contribution in [0.5, 0.6) is 5.75 Å². The van der Waals surface area contributed by atoms with Crippen molar-refractivity contribution in [2.45, 2.75) is 17.5 Å². The van der Waals surface area contributed by atoms with Gasteiger partial charge in [-0.25, -0.2) is 4.98 Å². The summed E-state index contributed by atoms with van der Waals surface area (Å²) < 4.78 is 5.22. The Kier molecular flexibility index (Phi) is 5.47. The van der Waals surface area contributed by atoms with Gasteiger partial charge in [0.25, 0.3) is 11.5 Å². The molecule has 0 saturated carbocycles. The topological polar surface area (TPSA) is 127 Å². The first-order valence-electron chi connectivity index (χ1n) is 7.99. The summed E-state index contributed by atoms with van der Waals surface area (Å²) in [7, 11) is 0. The summed E-state index contributed by atoms with van der Waals surface area (Å²) in [5.74, 6) is 2.27. The molecule has 2 heterocycles. The largest absolute Gasteiger partial charge is 0.484 e. The Bertz CT molecular complexity index is 978. The van der Waals surface area contributed by atoms with E-state index in [0.717, 1.165) is 5.56 Å². The maximum atomic E-state index is 12.6. The van der Waals surface area contributed by atoms with Crippen molar-refractivity contribution in [3.63, 3.8) is 0 Å². The molecule has 0 aliphatic carbocycles. The van der Waals surface area contributed by atoms with E-state index in [-0.39, 0.29) is 30.3 Å². The second-order valence-electron chi connectivity index (χ2n) is 5.76. The molecule has 9 heteroatoms. The highest BCUT2D eigenvalue weighted by molar-refractivity contribution is 7.99. The molecule has 0 bridgehead atoms. The van der Waals surface area contributed by atoms with Gasteiger partial charge in [0.15, 0.2) is 11.8 Å². The molecule has 1 aliphatic heterocycles. The van der Waals surface area contributed by atoms with E-state index in [1.807, 2.05) is 0 Å². The third kappa shape index (κ3) is 4.30. The molecule has 138 valence electrons. The van der Waals surface area contributed by atoms with Crippen molar-refractivity contribution < 1.29 is 14.3 Å². The highest BCUT2D eigenvalue weighted by Gasteiger charge is 2.30. The zero-order valence-electron chi connectivity index (χ0n) is 14.2. The minimum Gasteiger partial charge on any atom is -0.484 e. The Morgan fingerprint density at radius 3 is 2.78 bits per heavy atom. The number of carbonyl (C=O) groups is 2. The van der Waals surface area contributed by atoms with Gasteiger partial charge in [-0.3, -0.25) is 14.4 Å². The summed E-state index contributed by atoms with van der Waals surface area (Å²) in [6.45, 7) is -0.226. The van der Waals surface area contributed by atoms with E-state index < -0.39 is 11.8 Å². The number of rotatable bonds is 6. The first kappa shape index (κ1) is 18.5. The van der Waals surface area contributed by atoms with Gasteiger partial charge in [0.05, 0.1) is 11.3 Å². The Labute approximate surface area is 158 Å². The number of terminal acetylenes is 1. The molecule has 1 aliphatic rings. The molecule has 1 atom stereocenters. The summed E-state index contributed by atoms with van der Waals surface area (Å²) in [6.07, 6.45) is 5.35. The van der Waals surface area contributed by atoms with Crippen molar-refractivity contribution in [3.05, 3.63) is 45.7 Å². The number of nitrogens with two attached hydrogens (primary N) is 1. The number of H-pyrrole nitrogens is 1. The molecule has 4 N–H and O–H groups in total. The lowest BCUT2D eigenvalue weighted by Gasteiger charge is -2.24. The SMILES string of the molecule is C#CCSc1nc2c(c(=O)[nH]1)[C@@H](c1ccc(OCC(N)=O)cc1)CC(=O)N2. The van der Waals surface area contributed by atoms with Crippen LogP contribution in [0.15, 0.2) is 34.2 Å². The molecular formula is C18H16N4O4S. The number of nitrogens with one attached hydrogen (secondary N) is 2. The Hall–Kier alpha value is -3.25. The molecule has 0 saturated heterocycles. The molecule has 0 unspecified atom stereocenters. The van der Waals surface area contributed by atoms with Crippen molar-refractivity contribution in [1.29, 1.82) is 0 Å². The van der Waals surface area contributed by atoms with Crippen LogP contribution in [0.3, 0.4) is 0 Å². The number of hydrogen-bond acceptors (Lipinski definition) is 6. The zero-order chi connectivity index (χ0) is 19.4. The van der Waals surface area contributed by atoms with E-state index in [1.54, 1.807) is 24.3 Å². The summed E-state index contributed by atoms with van der Waals surface area (Å²) in [5.41, 5.74) is 5.88. The standard InChI is InChI=1S/C18H16N4O4S/c1-2-7-27-18-21-16-15(17(25)22-18)12(8-14(24)20-16)10-3-5-11(6-4-10)26-9-13(19)23/h1,3-6,12H,7-9H2,(H2,19,23)(H2,20,21,22,24,25)/t12-/m1/s1. The van der Waals surface area contributed by atoms with E-state index >= 15 is 0 Å². The maximum Gasteiger partial charge on any atom is 0.257 e. The van der Waals surface area contributed by atoms with Crippen LogP contribution in [0.2, 0.25) is 0 Å². The van der Waals surface area contributed by atoms with Gasteiger partial charge >= 0.3 is 0 Å². The maximum absolute atomic E-state index is 12.6. The molecule has 1 aromatic carbocycles. The van der Waals surface area contributed by atoms with Gasteiger partial charge in [-0.2, -0.15) is 0 Å². The van der Waals surface area contributed by atoms with Gasteiger partial charge in [-0.1, -0.05) is 29.8 Å². The first-order chi connectivity index (χ1) is 13.0. The molecule has 27 heavy (non-hydrogen) atoms. The van der Waals surface area contributed by atoms with Crippen LogP contribution in [0.1, 0.15) is 23.5 Å². The van der Waals surface area contributed by atoms with Crippen LogP contribution in [0.25, 0.3) is 0 Å². The number of primary amides is 1. The zero-order valence-corrected chi connectivity index (χ0v) is 15.0. The predicted molar refractivity (Wildman–Crippen MR) is 101 cm³/mol. The lowest BCUT2D eigenvalue weighted by atomic mass is 9.87. The summed E-state index contributed by atoms with van der Waals surface area (Å²) >= 11 is 1.21. The van der Waals surface area contributed by atoms with Crippen molar-refractivity contribution in [3.8, 4) is 18.1 Å². The Morgan fingerprint density at radius 1 is 1.37 bits per heavy atom. The summed E-state index contributed by atoms with van der Waals surface area (Å²) in [4.78, 5) is 42.5. The second-order valence-corrected chi connectivity index (χ2v) is 6.72. The third-order valence-electron chi connectivity index (χ3n) is 3.89. The van der Waals surface area contributed by atoms with Crippen molar-refractivity contribution in [1.82, 2.24) is 9.97 Å². The third-order valence-corrected chi connectivity index (χ3v) is 4.66. The number of fused-ring (bicyclic) bond motifs is 1. The Morgan fingerprint density at radius 2 is 2.11 bits per heavy atom. The minimum atomic E-state index is -0.576. The molecule has 0 spiro atoms. The van der Waals surface area contributed by atoms with Crippen LogP contribution < -0.4 is 21.3 Å². The first-order valence-corrected chi connectivity index (χ1v) is 8.98. The lowest BCUT2D eigenvalue weighted by Crippen LogP contribution is -2.31. The van der Waals surface area contributed by atoms with Gasteiger partial charge in [0.1, 0.15) is 11.6 Å². The molecule has 1 aromatic heterocycles. The monoisotopic (exact) mass is 384 g/mol. The van der Waals surface area contributed by atoms with E-state index in [0.29, 0.717) is 22.2 Å². The number of anilines is 1. The fourth-order valence-electron chi connectivity index (χ4n) is 2.76. The molecule has 0 radical (unpaired) electrons. The van der Waals surface area contributed by atoms with Gasteiger partial charge in [0, 0.05) is 12.3 Å². The van der Waals surface area contributed by atoms with Crippen LogP contribution in [0, 0.1) is 12.3 Å². The van der Waals surface area contributed by atoms with Crippen molar-refractivity contribution in [2.75, 3.05) is 17.7 Å². The van der Waals surface area contributed by atoms with Crippen LogP contribution >= 0.6 is 11.8 Å². The number of carbonyl (C=O) groups excluding carboxylic acids is 2. The number of ether oxygens (including phenoxy) is 1. The van der Waals surface area contributed by atoms with Gasteiger partial charge in [-0.15, -0.1) is 6.42 Å². The predicted octanol–water partition coefficient (Wildman–Crippen LogP) is 0.833. The molecular weight excluding hydrogens is 368 g/mol. The molecule has 2 amide bonds.